The van der Waals surface area contributed by atoms with Crippen LogP contribution in [0.2, 0.25) is 0 Å². The van der Waals surface area contributed by atoms with Crippen LogP contribution in [0.3, 0.4) is 0 Å². The Morgan fingerprint density at radius 1 is 1.19 bits per heavy atom. The van der Waals surface area contributed by atoms with Gasteiger partial charge in [-0.25, -0.2) is 0 Å². The summed E-state index contributed by atoms with van der Waals surface area (Å²) in [5.41, 5.74) is 1.83. The molecule has 180 valence electrons. The van der Waals surface area contributed by atoms with Gasteiger partial charge in [-0.05, 0) is 75.5 Å². The third kappa shape index (κ3) is 4.94. The summed E-state index contributed by atoms with van der Waals surface area (Å²) in [6.45, 7) is 15.6. The summed E-state index contributed by atoms with van der Waals surface area (Å²) >= 11 is 0. The van der Waals surface area contributed by atoms with Crippen LogP contribution in [0.25, 0.3) is 0 Å². The van der Waals surface area contributed by atoms with Crippen molar-refractivity contribution < 1.29 is 14.6 Å². The molecule has 2 aliphatic rings. The number of carbonyl (C=O) groups excluding carboxylic acids is 1. The minimum atomic E-state index is -0.285. The summed E-state index contributed by atoms with van der Waals surface area (Å²) in [7, 11) is 0. The topological polar surface area (TPSA) is 49.8 Å². The highest BCUT2D eigenvalue weighted by Gasteiger charge is 2.48. The molecule has 0 spiro atoms. The molecule has 4 heteroatoms. The lowest BCUT2D eigenvalue weighted by Crippen LogP contribution is -2.51. The average molecular weight is 444 g/mol. The molecule has 1 amide bonds. The highest BCUT2D eigenvalue weighted by Crippen LogP contribution is 2.55. The molecule has 0 radical (unpaired) electrons. The molecule has 0 aromatic heterocycles. The van der Waals surface area contributed by atoms with Gasteiger partial charge in [0.15, 0.2) is 0 Å². The molecule has 1 aliphatic heterocycles. The number of phenolic OH excluding ortho intramolecular Hbond substituents is 1. The second-order valence-corrected chi connectivity index (χ2v) is 11.3. The zero-order valence-electron chi connectivity index (χ0n) is 21.5. The molecule has 1 N–H and O–H groups in total. The molecule has 1 fully saturated rings. The standard InChI is InChI=1S/C28H45NO3/c1-8-10-11-12-15-27(4,5)20-16-24(31)26-22-18-21(29(9-2)19(3)30)13-14-23(22)28(6,7)32-25(26)17-20/h16-17,21-23,31H,8-15,18H2,1-7H3. The van der Waals surface area contributed by atoms with Gasteiger partial charge in [-0.3, -0.25) is 4.79 Å². The molecule has 1 saturated carbocycles. The molecule has 1 heterocycles. The Labute approximate surface area is 195 Å². The van der Waals surface area contributed by atoms with E-state index in [0.717, 1.165) is 49.1 Å². The lowest BCUT2D eigenvalue weighted by Gasteiger charge is -2.50. The number of aromatic hydroxyl groups is 1. The maximum atomic E-state index is 12.2. The number of fused-ring (bicyclic) bond motifs is 3. The first-order chi connectivity index (χ1) is 15.0. The number of hydrogen-bond donors (Lipinski definition) is 1. The fourth-order valence-corrected chi connectivity index (χ4v) is 6.28. The van der Waals surface area contributed by atoms with E-state index in [1.54, 1.807) is 6.92 Å². The van der Waals surface area contributed by atoms with E-state index in [2.05, 4.69) is 47.6 Å². The van der Waals surface area contributed by atoms with Crippen LogP contribution in [0.15, 0.2) is 12.1 Å². The van der Waals surface area contributed by atoms with Crippen molar-refractivity contribution in [1.29, 1.82) is 0 Å². The summed E-state index contributed by atoms with van der Waals surface area (Å²) in [6.07, 6.45) is 8.99. The SMILES string of the molecule is CCCCCCC(C)(C)c1cc(O)c2c(c1)OC(C)(C)C1CCC(N(CC)C(C)=O)CC21. The lowest BCUT2D eigenvalue weighted by molar-refractivity contribution is -0.132. The van der Waals surface area contributed by atoms with Gasteiger partial charge in [-0.2, -0.15) is 0 Å². The van der Waals surface area contributed by atoms with Crippen molar-refractivity contribution in [2.45, 2.75) is 123 Å². The molecule has 3 atom stereocenters. The summed E-state index contributed by atoms with van der Waals surface area (Å²) in [6, 6.07) is 4.41. The number of ether oxygens (including phenoxy) is 1. The number of phenols is 1. The zero-order valence-corrected chi connectivity index (χ0v) is 21.5. The van der Waals surface area contributed by atoms with E-state index in [9.17, 15) is 9.90 Å². The van der Waals surface area contributed by atoms with Gasteiger partial charge >= 0.3 is 0 Å². The fourth-order valence-electron chi connectivity index (χ4n) is 6.28. The number of carbonyl (C=O) groups is 1. The smallest absolute Gasteiger partial charge is 0.219 e. The molecule has 0 saturated heterocycles. The van der Waals surface area contributed by atoms with Crippen LogP contribution in [-0.4, -0.2) is 34.1 Å². The van der Waals surface area contributed by atoms with Gasteiger partial charge in [0.25, 0.3) is 0 Å². The monoisotopic (exact) mass is 443 g/mol. The first-order valence-electron chi connectivity index (χ1n) is 12.9. The minimum Gasteiger partial charge on any atom is -0.508 e. The van der Waals surface area contributed by atoms with Gasteiger partial charge in [0.1, 0.15) is 17.1 Å². The van der Waals surface area contributed by atoms with Crippen molar-refractivity contribution in [1.82, 2.24) is 4.90 Å². The minimum absolute atomic E-state index is 0.00660. The molecule has 1 aliphatic carbocycles. The van der Waals surface area contributed by atoms with Crippen LogP contribution in [-0.2, 0) is 10.2 Å². The van der Waals surface area contributed by atoms with Gasteiger partial charge in [0, 0.05) is 31.0 Å². The Morgan fingerprint density at radius 3 is 2.53 bits per heavy atom. The van der Waals surface area contributed by atoms with Crippen LogP contribution < -0.4 is 4.74 Å². The van der Waals surface area contributed by atoms with Crippen molar-refractivity contribution in [3.05, 3.63) is 23.3 Å². The van der Waals surface area contributed by atoms with Crippen LogP contribution in [0.1, 0.15) is 117 Å². The quantitative estimate of drug-likeness (QED) is 0.443. The molecular formula is C28H45NO3. The highest BCUT2D eigenvalue weighted by molar-refractivity contribution is 5.73. The molecule has 32 heavy (non-hydrogen) atoms. The average Bonchev–Trinajstić information content (AvgIpc) is 2.70. The number of amides is 1. The molecule has 1 aromatic rings. The summed E-state index contributed by atoms with van der Waals surface area (Å²) in [4.78, 5) is 14.2. The van der Waals surface area contributed by atoms with E-state index in [1.165, 1.54) is 25.7 Å². The zero-order chi connectivity index (χ0) is 23.7. The second kappa shape index (κ2) is 9.65. The first-order valence-corrected chi connectivity index (χ1v) is 12.9. The Balaban J connectivity index is 1.93. The number of hydrogen-bond acceptors (Lipinski definition) is 3. The Morgan fingerprint density at radius 2 is 1.91 bits per heavy atom. The Hall–Kier alpha value is -1.71. The van der Waals surface area contributed by atoms with Crippen molar-refractivity contribution >= 4 is 5.91 Å². The van der Waals surface area contributed by atoms with Gasteiger partial charge in [-0.1, -0.05) is 46.5 Å². The van der Waals surface area contributed by atoms with E-state index in [4.69, 9.17) is 4.74 Å². The Bertz CT molecular complexity index is 813. The van der Waals surface area contributed by atoms with Crippen molar-refractivity contribution in [3.8, 4) is 11.5 Å². The second-order valence-electron chi connectivity index (χ2n) is 11.3. The molecule has 1 aromatic carbocycles. The van der Waals surface area contributed by atoms with E-state index < -0.39 is 0 Å². The molecule has 4 nitrogen and oxygen atoms in total. The Kier molecular flexibility index (Phi) is 7.51. The maximum Gasteiger partial charge on any atom is 0.219 e. The van der Waals surface area contributed by atoms with E-state index in [0.29, 0.717) is 11.7 Å². The predicted octanol–water partition coefficient (Wildman–Crippen LogP) is 6.93. The van der Waals surface area contributed by atoms with Crippen LogP contribution in [0.4, 0.5) is 0 Å². The molecular weight excluding hydrogens is 398 g/mol. The molecule has 3 unspecified atom stereocenters. The van der Waals surface area contributed by atoms with Crippen LogP contribution in [0.5, 0.6) is 11.5 Å². The van der Waals surface area contributed by atoms with Crippen molar-refractivity contribution in [3.63, 3.8) is 0 Å². The van der Waals surface area contributed by atoms with Crippen molar-refractivity contribution in [2.24, 2.45) is 5.92 Å². The lowest BCUT2D eigenvalue weighted by atomic mass is 9.64. The third-order valence-corrected chi connectivity index (χ3v) is 8.20. The van der Waals surface area contributed by atoms with Crippen LogP contribution >= 0.6 is 0 Å². The number of benzene rings is 1. The highest BCUT2D eigenvalue weighted by atomic mass is 16.5. The first kappa shape index (κ1) is 24.9. The van der Waals surface area contributed by atoms with Crippen molar-refractivity contribution in [2.75, 3.05) is 6.54 Å². The number of nitrogens with zero attached hydrogens (tertiary/aromatic N) is 1. The van der Waals surface area contributed by atoms with Gasteiger partial charge in [0.2, 0.25) is 5.91 Å². The van der Waals surface area contributed by atoms with Gasteiger partial charge < -0.3 is 14.7 Å². The summed E-state index contributed by atoms with van der Waals surface area (Å²) in [5, 5.41) is 11.2. The third-order valence-electron chi connectivity index (χ3n) is 8.20. The van der Waals surface area contributed by atoms with Gasteiger partial charge in [-0.15, -0.1) is 0 Å². The summed E-state index contributed by atoms with van der Waals surface area (Å²) < 4.78 is 6.58. The molecule has 3 rings (SSSR count). The van der Waals surface area contributed by atoms with E-state index in [-0.39, 0.29) is 28.9 Å². The normalized spacial score (nSPS) is 24.3. The molecule has 0 bridgehead atoms. The largest absolute Gasteiger partial charge is 0.508 e. The van der Waals surface area contributed by atoms with E-state index >= 15 is 0 Å². The maximum absolute atomic E-state index is 12.2. The summed E-state index contributed by atoms with van der Waals surface area (Å²) in [5.74, 6) is 1.92. The predicted molar refractivity (Wildman–Crippen MR) is 132 cm³/mol. The number of unbranched alkanes of at least 4 members (excludes halogenated alkanes) is 3. The van der Waals surface area contributed by atoms with Gasteiger partial charge in [0.05, 0.1) is 0 Å². The van der Waals surface area contributed by atoms with Crippen LogP contribution in [0, 0.1) is 5.92 Å². The van der Waals surface area contributed by atoms with E-state index in [1.807, 2.05) is 11.0 Å². The fraction of sp³-hybridized carbons (Fsp3) is 0.750. The number of rotatable bonds is 8.